The average Bonchev–Trinajstić information content (AvgIpc) is 3.39. The van der Waals surface area contributed by atoms with Crippen LogP contribution >= 0.6 is 0 Å². The Kier molecular flexibility index (Phi) is 4.59. The van der Waals surface area contributed by atoms with Gasteiger partial charge in [-0.1, -0.05) is 18.2 Å². The lowest BCUT2D eigenvalue weighted by Crippen LogP contribution is -2.52. The number of ether oxygens (including phenoxy) is 1. The van der Waals surface area contributed by atoms with E-state index in [1.807, 2.05) is 31.2 Å². The van der Waals surface area contributed by atoms with E-state index in [1.165, 1.54) is 4.31 Å². The molecule has 0 N–H and O–H groups in total. The Morgan fingerprint density at radius 3 is 2.43 bits per heavy atom. The Morgan fingerprint density at radius 1 is 1.17 bits per heavy atom. The lowest BCUT2D eigenvalue weighted by Gasteiger charge is -2.34. The van der Waals surface area contributed by atoms with Gasteiger partial charge in [-0.2, -0.15) is 4.31 Å². The largest absolute Gasteiger partial charge is 0.484 e. The molecule has 1 heterocycles. The summed E-state index contributed by atoms with van der Waals surface area (Å²) in [6, 6.07) is 7.56. The first kappa shape index (κ1) is 16.3. The van der Waals surface area contributed by atoms with Crippen molar-refractivity contribution in [3.8, 4) is 5.75 Å². The molecule has 1 saturated carbocycles. The summed E-state index contributed by atoms with van der Waals surface area (Å²) in [6.45, 7) is 3.55. The zero-order valence-electron chi connectivity index (χ0n) is 13.3. The average molecular weight is 338 g/mol. The fraction of sp³-hybridized carbons (Fsp3) is 0.562. The minimum atomic E-state index is -3.13. The molecule has 1 amide bonds. The van der Waals surface area contributed by atoms with E-state index in [-0.39, 0.29) is 17.8 Å². The third-order valence-electron chi connectivity index (χ3n) is 4.34. The van der Waals surface area contributed by atoms with Crippen LogP contribution in [0.3, 0.4) is 0 Å². The molecule has 7 heteroatoms. The summed E-state index contributed by atoms with van der Waals surface area (Å²) in [5.74, 6) is 0.604. The molecule has 1 saturated heterocycles. The van der Waals surface area contributed by atoms with Gasteiger partial charge in [-0.05, 0) is 31.4 Å². The van der Waals surface area contributed by atoms with Crippen LogP contribution in [0.25, 0.3) is 0 Å². The second-order valence-electron chi connectivity index (χ2n) is 6.08. The van der Waals surface area contributed by atoms with E-state index >= 15 is 0 Å². The SMILES string of the molecule is Cc1ccccc1OCC(=O)N1CCN(S(=O)(=O)C2CC2)CC1. The van der Waals surface area contributed by atoms with E-state index in [1.54, 1.807) is 4.90 Å². The summed E-state index contributed by atoms with van der Waals surface area (Å²) in [7, 11) is -3.13. The van der Waals surface area contributed by atoms with E-state index in [9.17, 15) is 13.2 Å². The van der Waals surface area contributed by atoms with Crippen molar-refractivity contribution in [2.75, 3.05) is 32.8 Å². The van der Waals surface area contributed by atoms with E-state index < -0.39 is 10.0 Å². The maximum absolute atomic E-state index is 12.2. The van der Waals surface area contributed by atoms with Crippen molar-refractivity contribution in [1.29, 1.82) is 0 Å². The van der Waals surface area contributed by atoms with Crippen molar-refractivity contribution in [2.45, 2.75) is 25.0 Å². The molecule has 0 spiro atoms. The molecule has 1 aliphatic carbocycles. The van der Waals surface area contributed by atoms with E-state index in [0.717, 1.165) is 18.4 Å². The maximum atomic E-state index is 12.2. The molecule has 2 fully saturated rings. The third-order valence-corrected chi connectivity index (χ3v) is 6.74. The normalized spacial score (nSPS) is 19.6. The van der Waals surface area contributed by atoms with Crippen LogP contribution in [-0.4, -0.2) is 61.6 Å². The van der Waals surface area contributed by atoms with Crippen LogP contribution in [-0.2, 0) is 14.8 Å². The molecule has 1 aromatic rings. The Morgan fingerprint density at radius 2 is 1.83 bits per heavy atom. The molecule has 0 radical (unpaired) electrons. The van der Waals surface area contributed by atoms with Gasteiger partial charge in [0.15, 0.2) is 6.61 Å². The molecule has 2 aliphatic rings. The number of carbonyl (C=O) groups is 1. The highest BCUT2D eigenvalue weighted by Gasteiger charge is 2.41. The van der Waals surface area contributed by atoms with E-state index in [2.05, 4.69) is 0 Å². The summed E-state index contributed by atoms with van der Waals surface area (Å²) >= 11 is 0. The zero-order chi connectivity index (χ0) is 16.4. The molecule has 6 nitrogen and oxygen atoms in total. The number of hydrogen-bond donors (Lipinski definition) is 0. The predicted octanol–water partition coefficient (Wildman–Crippen LogP) is 1.01. The molecule has 3 rings (SSSR count). The van der Waals surface area contributed by atoms with Crippen LogP contribution < -0.4 is 4.74 Å². The fourth-order valence-corrected chi connectivity index (χ4v) is 4.54. The van der Waals surface area contributed by atoms with Crippen molar-refractivity contribution in [2.24, 2.45) is 0 Å². The topological polar surface area (TPSA) is 66.9 Å². The summed E-state index contributed by atoms with van der Waals surface area (Å²) < 4.78 is 31.4. The molecule has 0 unspecified atom stereocenters. The fourth-order valence-electron chi connectivity index (χ4n) is 2.72. The quantitative estimate of drug-likeness (QED) is 0.804. The highest BCUT2D eigenvalue weighted by molar-refractivity contribution is 7.90. The Labute approximate surface area is 137 Å². The highest BCUT2D eigenvalue weighted by Crippen LogP contribution is 2.31. The van der Waals surface area contributed by atoms with Gasteiger partial charge >= 0.3 is 0 Å². The second-order valence-corrected chi connectivity index (χ2v) is 8.29. The number of nitrogens with zero attached hydrogens (tertiary/aromatic N) is 2. The zero-order valence-corrected chi connectivity index (χ0v) is 14.1. The Balaban J connectivity index is 1.49. The molecular weight excluding hydrogens is 316 g/mol. The molecule has 1 aliphatic heterocycles. The van der Waals surface area contributed by atoms with Gasteiger partial charge < -0.3 is 9.64 Å². The van der Waals surface area contributed by atoms with Crippen molar-refractivity contribution >= 4 is 15.9 Å². The minimum Gasteiger partial charge on any atom is -0.484 e. The predicted molar refractivity (Wildman–Crippen MR) is 86.8 cm³/mol. The molecule has 1 aromatic carbocycles. The Hall–Kier alpha value is -1.60. The number of piperazine rings is 1. The first-order valence-electron chi connectivity index (χ1n) is 7.93. The monoisotopic (exact) mass is 338 g/mol. The standard InChI is InChI=1S/C16H22N2O4S/c1-13-4-2-3-5-15(13)22-12-16(19)17-8-10-18(11-9-17)23(20,21)14-6-7-14/h2-5,14H,6-12H2,1H3. The van der Waals surface area contributed by atoms with E-state index in [0.29, 0.717) is 31.9 Å². The van der Waals surface area contributed by atoms with Crippen LogP contribution in [0.15, 0.2) is 24.3 Å². The number of sulfonamides is 1. The van der Waals surface area contributed by atoms with Gasteiger partial charge in [0, 0.05) is 26.2 Å². The lowest BCUT2D eigenvalue weighted by molar-refractivity contribution is -0.134. The molecule has 126 valence electrons. The number of carbonyl (C=O) groups excluding carboxylic acids is 1. The molecule has 0 atom stereocenters. The van der Waals surface area contributed by atoms with Gasteiger partial charge in [0.05, 0.1) is 5.25 Å². The van der Waals surface area contributed by atoms with Gasteiger partial charge in [0.2, 0.25) is 10.0 Å². The van der Waals surface area contributed by atoms with Crippen LogP contribution in [0, 0.1) is 6.92 Å². The number of rotatable bonds is 5. The lowest BCUT2D eigenvalue weighted by atomic mass is 10.2. The Bertz CT molecular complexity index is 677. The smallest absolute Gasteiger partial charge is 0.260 e. The minimum absolute atomic E-state index is 0.0137. The van der Waals surface area contributed by atoms with Crippen molar-refractivity contribution in [3.05, 3.63) is 29.8 Å². The van der Waals surface area contributed by atoms with Crippen molar-refractivity contribution in [3.63, 3.8) is 0 Å². The van der Waals surface area contributed by atoms with Crippen LogP contribution in [0.5, 0.6) is 5.75 Å². The van der Waals surface area contributed by atoms with Crippen molar-refractivity contribution in [1.82, 2.24) is 9.21 Å². The maximum Gasteiger partial charge on any atom is 0.260 e. The van der Waals surface area contributed by atoms with Gasteiger partial charge in [0.25, 0.3) is 5.91 Å². The first-order valence-corrected chi connectivity index (χ1v) is 9.44. The van der Waals surface area contributed by atoms with Gasteiger partial charge in [-0.25, -0.2) is 8.42 Å². The van der Waals surface area contributed by atoms with Crippen LogP contribution in [0.1, 0.15) is 18.4 Å². The number of aryl methyl sites for hydroxylation is 1. The van der Waals surface area contributed by atoms with E-state index in [4.69, 9.17) is 4.74 Å². The molecule has 0 aromatic heterocycles. The van der Waals surface area contributed by atoms with Crippen LogP contribution in [0.4, 0.5) is 0 Å². The van der Waals surface area contributed by atoms with Gasteiger partial charge in [-0.3, -0.25) is 4.79 Å². The summed E-state index contributed by atoms with van der Waals surface area (Å²) in [6.07, 6.45) is 1.54. The number of amides is 1. The summed E-state index contributed by atoms with van der Waals surface area (Å²) in [5, 5.41) is -0.186. The summed E-state index contributed by atoms with van der Waals surface area (Å²) in [4.78, 5) is 13.9. The van der Waals surface area contributed by atoms with Gasteiger partial charge in [0.1, 0.15) is 5.75 Å². The van der Waals surface area contributed by atoms with Crippen LogP contribution in [0.2, 0.25) is 0 Å². The number of benzene rings is 1. The second kappa shape index (κ2) is 6.49. The molecular formula is C16H22N2O4S. The first-order chi connectivity index (χ1) is 11.0. The third kappa shape index (κ3) is 3.67. The number of para-hydroxylation sites is 1. The summed E-state index contributed by atoms with van der Waals surface area (Å²) in [5.41, 5.74) is 0.987. The van der Waals surface area contributed by atoms with Gasteiger partial charge in [-0.15, -0.1) is 0 Å². The van der Waals surface area contributed by atoms with Crippen molar-refractivity contribution < 1.29 is 17.9 Å². The molecule has 23 heavy (non-hydrogen) atoms. The number of hydrogen-bond acceptors (Lipinski definition) is 4. The molecule has 0 bridgehead atoms. The highest BCUT2D eigenvalue weighted by atomic mass is 32.2.